The molecule has 1 aliphatic rings. The van der Waals surface area contributed by atoms with Gasteiger partial charge in [0.15, 0.2) is 0 Å². The van der Waals surface area contributed by atoms with E-state index in [9.17, 15) is 0 Å². The molecule has 0 radical (unpaired) electrons. The Morgan fingerprint density at radius 3 is 0.636 bits per heavy atom. The Labute approximate surface area is 350 Å². The first kappa shape index (κ1) is 52.4. The molecule has 1 rings (SSSR count). The molecule has 1 aliphatic heterocycles. The zero-order valence-electron chi connectivity index (χ0n) is 38.9. The monoisotopic (exact) mass is 771 g/mol. The quantitative estimate of drug-likeness (QED) is 0.0569. The third-order valence-electron chi connectivity index (χ3n) is 13.1. The van der Waals surface area contributed by atoms with Crippen LogP contribution in [0.1, 0.15) is 310 Å². The molecule has 0 bridgehead atoms. The van der Waals surface area contributed by atoms with Gasteiger partial charge in [-0.05, 0) is 25.7 Å². The summed E-state index contributed by atoms with van der Waals surface area (Å²) < 4.78 is 0. The molecule has 328 valence electrons. The largest absolute Gasteiger partial charge is 0.356 e. The molecule has 0 aromatic heterocycles. The minimum Gasteiger partial charge on any atom is -0.356 e. The van der Waals surface area contributed by atoms with Gasteiger partial charge in [-0.2, -0.15) is 0 Å². The predicted molar refractivity (Wildman–Crippen MR) is 251 cm³/mol. The Morgan fingerprint density at radius 1 is 0.236 bits per heavy atom. The van der Waals surface area contributed by atoms with E-state index < -0.39 is 0 Å². The molecule has 1 heterocycles. The molecule has 0 aromatic carbocycles. The SMILES string of the molecule is CCCCCCCCCCCCCCCCCCCN1C=CN(CCCCCCCCCCCCCCC)C1CCCCCCCCCCCCCCCC. The molecule has 0 spiro atoms. The smallest absolute Gasteiger partial charge is 0.101 e. The molecule has 0 fully saturated rings. The van der Waals surface area contributed by atoms with Crippen molar-refractivity contribution >= 4 is 0 Å². The van der Waals surface area contributed by atoms with Gasteiger partial charge in [0.05, 0.1) is 0 Å². The van der Waals surface area contributed by atoms with Crippen molar-refractivity contribution in [3.63, 3.8) is 0 Å². The third-order valence-corrected chi connectivity index (χ3v) is 13.1. The molecule has 1 atom stereocenters. The summed E-state index contributed by atoms with van der Waals surface area (Å²) in [7, 11) is 0. The van der Waals surface area contributed by atoms with Crippen molar-refractivity contribution in [2.24, 2.45) is 0 Å². The van der Waals surface area contributed by atoms with Crippen molar-refractivity contribution in [1.29, 1.82) is 0 Å². The van der Waals surface area contributed by atoms with E-state index in [1.54, 1.807) is 0 Å². The van der Waals surface area contributed by atoms with Crippen LogP contribution in [0.4, 0.5) is 0 Å². The lowest BCUT2D eigenvalue weighted by Gasteiger charge is -2.33. The molecule has 0 aliphatic carbocycles. The molecule has 0 saturated carbocycles. The maximum atomic E-state index is 2.75. The lowest BCUT2D eigenvalue weighted by Crippen LogP contribution is -2.39. The van der Waals surface area contributed by atoms with Crippen LogP contribution in [-0.4, -0.2) is 29.1 Å². The first-order chi connectivity index (χ1) is 27.3. The van der Waals surface area contributed by atoms with Crippen molar-refractivity contribution in [1.82, 2.24) is 9.80 Å². The molecular formula is C53H106N2. The maximum Gasteiger partial charge on any atom is 0.101 e. The second kappa shape index (κ2) is 44.4. The van der Waals surface area contributed by atoms with E-state index in [1.165, 1.54) is 302 Å². The third kappa shape index (κ3) is 36.2. The van der Waals surface area contributed by atoms with E-state index in [2.05, 4.69) is 43.0 Å². The predicted octanol–water partition coefficient (Wildman–Crippen LogP) is 19.0. The second-order valence-electron chi connectivity index (χ2n) is 18.5. The van der Waals surface area contributed by atoms with Crippen molar-refractivity contribution < 1.29 is 0 Å². The van der Waals surface area contributed by atoms with Crippen molar-refractivity contribution in [2.45, 2.75) is 316 Å². The van der Waals surface area contributed by atoms with Crippen molar-refractivity contribution in [3.05, 3.63) is 12.4 Å². The average molecular weight is 771 g/mol. The summed E-state index contributed by atoms with van der Waals surface area (Å²) in [5.74, 6) is 0. The zero-order valence-corrected chi connectivity index (χ0v) is 38.9. The Hall–Kier alpha value is -0.660. The highest BCUT2D eigenvalue weighted by molar-refractivity contribution is 4.97. The van der Waals surface area contributed by atoms with Gasteiger partial charge in [-0.15, -0.1) is 0 Å². The normalized spacial score (nSPS) is 14.3. The number of hydrogen-bond acceptors (Lipinski definition) is 2. The number of hydrogen-bond donors (Lipinski definition) is 0. The molecule has 1 unspecified atom stereocenters. The van der Waals surface area contributed by atoms with Gasteiger partial charge in [-0.25, -0.2) is 0 Å². The minimum absolute atomic E-state index is 0.635. The Morgan fingerprint density at radius 2 is 0.418 bits per heavy atom. The molecule has 0 aromatic rings. The number of unbranched alkanes of at least 4 members (excludes halogenated alkanes) is 41. The highest BCUT2D eigenvalue weighted by atomic mass is 15.4. The Bertz CT molecular complexity index is 732. The van der Waals surface area contributed by atoms with Gasteiger partial charge < -0.3 is 9.80 Å². The highest BCUT2D eigenvalue weighted by Gasteiger charge is 2.25. The van der Waals surface area contributed by atoms with Gasteiger partial charge in [0.2, 0.25) is 0 Å². The summed E-state index contributed by atoms with van der Waals surface area (Å²) in [5.41, 5.74) is 0. The van der Waals surface area contributed by atoms with Crippen LogP contribution in [0.25, 0.3) is 0 Å². The van der Waals surface area contributed by atoms with Gasteiger partial charge >= 0.3 is 0 Å². The minimum atomic E-state index is 0.635. The molecule has 0 amide bonds. The van der Waals surface area contributed by atoms with E-state index in [1.807, 2.05) is 0 Å². The second-order valence-corrected chi connectivity index (χ2v) is 18.5. The van der Waals surface area contributed by atoms with Gasteiger partial charge in [-0.3, -0.25) is 0 Å². The Kier molecular flexibility index (Phi) is 42.3. The van der Waals surface area contributed by atoms with Crippen molar-refractivity contribution in [2.75, 3.05) is 13.1 Å². The van der Waals surface area contributed by atoms with Gasteiger partial charge in [0.25, 0.3) is 0 Å². The topological polar surface area (TPSA) is 6.48 Å². The summed E-state index contributed by atoms with van der Waals surface area (Å²) in [6.07, 6.45) is 70.8. The maximum absolute atomic E-state index is 2.75. The van der Waals surface area contributed by atoms with E-state index >= 15 is 0 Å². The molecule has 0 saturated heterocycles. The van der Waals surface area contributed by atoms with E-state index in [0.29, 0.717) is 6.17 Å². The fourth-order valence-corrected chi connectivity index (χ4v) is 9.19. The highest BCUT2D eigenvalue weighted by Crippen LogP contribution is 2.24. The first-order valence-corrected chi connectivity index (χ1v) is 26.5. The van der Waals surface area contributed by atoms with Crippen LogP contribution in [0.15, 0.2) is 12.4 Å². The fraction of sp³-hybridized carbons (Fsp3) is 0.962. The Balaban J connectivity index is 2.19. The summed E-state index contributed by atoms with van der Waals surface area (Å²) in [4.78, 5) is 5.49. The van der Waals surface area contributed by atoms with E-state index in [4.69, 9.17) is 0 Å². The van der Waals surface area contributed by atoms with Gasteiger partial charge in [0.1, 0.15) is 6.17 Å². The lowest BCUT2D eigenvalue weighted by atomic mass is 10.0. The summed E-state index contributed by atoms with van der Waals surface area (Å²) in [6, 6.07) is 0. The van der Waals surface area contributed by atoms with Crippen LogP contribution in [0.2, 0.25) is 0 Å². The van der Waals surface area contributed by atoms with Crippen LogP contribution in [0, 0.1) is 0 Å². The standard InChI is InChI=1S/C53H106N2/c1-4-7-10-13-16-19-22-25-27-28-29-32-35-38-41-44-47-50-55-52-51-54(49-46-43-40-37-34-31-24-21-18-15-12-9-6-3)53(55)48-45-42-39-36-33-30-26-23-20-17-14-11-8-5-2/h51-53H,4-50H2,1-3H3. The molecule has 55 heavy (non-hydrogen) atoms. The van der Waals surface area contributed by atoms with Crippen LogP contribution in [-0.2, 0) is 0 Å². The van der Waals surface area contributed by atoms with Crippen LogP contribution < -0.4 is 0 Å². The van der Waals surface area contributed by atoms with Gasteiger partial charge in [-0.1, -0.05) is 284 Å². The van der Waals surface area contributed by atoms with Crippen LogP contribution in [0.3, 0.4) is 0 Å². The summed E-state index contributed by atoms with van der Waals surface area (Å²) >= 11 is 0. The number of nitrogens with zero attached hydrogens (tertiary/aromatic N) is 2. The van der Waals surface area contributed by atoms with Gasteiger partial charge in [0, 0.05) is 25.5 Å². The van der Waals surface area contributed by atoms with Crippen LogP contribution >= 0.6 is 0 Å². The van der Waals surface area contributed by atoms with E-state index in [-0.39, 0.29) is 0 Å². The lowest BCUT2D eigenvalue weighted by molar-refractivity contribution is 0.135. The van der Waals surface area contributed by atoms with E-state index in [0.717, 1.165) is 0 Å². The molecule has 0 N–H and O–H groups in total. The average Bonchev–Trinajstić information content (AvgIpc) is 3.58. The summed E-state index contributed by atoms with van der Waals surface area (Å²) in [5, 5.41) is 0. The van der Waals surface area contributed by atoms with Crippen LogP contribution in [0.5, 0.6) is 0 Å². The number of rotatable bonds is 47. The van der Waals surface area contributed by atoms with Crippen molar-refractivity contribution in [3.8, 4) is 0 Å². The molecule has 2 nitrogen and oxygen atoms in total. The molecular weight excluding hydrogens is 665 g/mol. The fourth-order valence-electron chi connectivity index (χ4n) is 9.19. The zero-order chi connectivity index (χ0) is 39.4. The molecule has 2 heteroatoms. The first-order valence-electron chi connectivity index (χ1n) is 26.5. The summed E-state index contributed by atoms with van der Waals surface area (Å²) in [6.45, 7) is 9.50.